The van der Waals surface area contributed by atoms with E-state index in [2.05, 4.69) is 5.32 Å². The highest BCUT2D eigenvalue weighted by atomic mass is 32.2. The summed E-state index contributed by atoms with van der Waals surface area (Å²) in [5.41, 5.74) is 1.60. The summed E-state index contributed by atoms with van der Waals surface area (Å²) in [4.78, 5) is 0.909. The molecule has 1 N–H and O–H groups in total. The van der Waals surface area contributed by atoms with Crippen LogP contribution in [0.15, 0.2) is 35.7 Å². The minimum absolute atomic E-state index is 0.184. The number of hydrogen-bond acceptors (Lipinski definition) is 4. The molecule has 0 radical (unpaired) electrons. The van der Waals surface area contributed by atoms with Gasteiger partial charge in [-0.1, -0.05) is 12.1 Å². The second kappa shape index (κ2) is 7.15. The van der Waals surface area contributed by atoms with Crippen LogP contribution in [0, 0.1) is 5.82 Å². The van der Waals surface area contributed by atoms with Crippen molar-refractivity contribution in [3.05, 3.63) is 47.1 Å². The van der Waals surface area contributed by atoms with Gasteiger partial charge in [0.15, 0.2) is 0 Å². The minimum atomic E-state index is -2.90. The van der Waals surface area contributed by atoms with E-state index in [9.17, 15) is 12.8 Å². The van der Waals surface area contributed by atoms with Gasteiger partial charge in [-0.15, -0.1) is 11.3 Å². The van der Waals surface area contributed by atoms with Crippen LogP contribution in [0.2, 0.25) is 0 Å². The fraction of sp³-hybridized carbons (Fsp3) is 0.333. The van der Waals surface area contributed by atoms with Gasteiger partial charge in [-0.05, 0) is 42.1 Å². The number of thiophene rings is 1. The maximum absolute atomic E-state index is 13.8. The first kappa shape index (κ1) is 16.1. The summed E-state index contributed by atoms with van der Waals surface area (Å²) in [6, 6.07) is 8.85. The van der Waals surface area contributed by atoms with E-state index in [4.69, 9.17) is 0 Å². The van der Waals surface area contributed by atoms with E-state index in [0.29, 0.717) is 25.1 Å². The van der Waals surface area contributed by atoms with Crippen LogP contribution in [0.4, 0.5) is 4.39 Å². The fourth-order valence-electron chi connectivity index (χ4n) is 2.00. The lowest BCUT2D eigenvalue weighted by molar-refractivity contribution is 0.594. The zero-order chi connectivity index (χ0) is 15.3. The van der Waals surface area contributed by atoms with Gasteiger partial charge in [-0.3, -0.25) is 0 Å². The molecule has 1 heterocycles. The molecule has 0 aliphatic carbocycles. The second-order valence-electron chi connectivity index (χ2n) is 4.95. The summed E-state index contributed by atoms with van der Waals surface area (Å²) >= 11 is 1.51. The lowest BCUT2D eigenvalue weighted by Crippen LogP contribution is -2.17. The van der Waals surface area contributed by atoms with E-state index in [1.54, 1.807) is 6.07 Å². The van der Waals surface area contributed by atoms with Crippen molar-refractivity contribution >= 4 is 21.2 Å². The van der Waals surface area contributed by atoms with E-state index in [0.717, 1.165) is 10.4 Å². The van der Waals surface area contributed by atoms with Crippen LogP contribution in [0.1, 0.15) is 12.0 Å². The molecule has 0 unspecified atom stereocenters. The Morgan fingerprint density at radius 1 is 1.29 bits per heavy atom. The maximum atomic E-state index is 13.8. The summed E-state index contributed by atoms with van der Waals surface area (Å²) in [6.07, 6.45) is 1.82. The Morgan fingerprint density at radius 3 is 2.76 bits per heavy atom. The standard InChI is InChI=1S/C15H18FNO2S2/c1-21(18,19)9-3-7-17-11-12-5-6-14(16)13(10-12)15-4-2-8-20-15/h2,4-6,8,10,17H,3,7,9,11H2,1H3. The van der Waals surface area contributed by atoms with E-state index in [1.807, 2.05) is 23.6 Å². The monoisotopic (exact) mass is 327 g/mol. The highest BCUT2D eigenvalue weighted by molar-refractivity contribution is 7.90. The average molecular weight is 327 g/mol. The first-order chi connectivity index (χ1) is 9.96. The summed E-state index contributed by atoms with van der Waals surface area (Å²) < 4.78 is 35.8. The predicted molar refractivity (Wildman–Crippen MR) is 85.7 cm³/mol. The quantitative estimate of drug-likeness (QED) is 0.795. The smallest absolute Gasteiger partial charge is 0.147 e. The summed E-state index contributed by atoms with van der Waals surface area (Å²) in [5, 5.41) is 5.10. The van der Waals surface area contributed by atoms with Gasteiger partial charge in [0, 0.05) is 23.2 Å². The van der Waals surface area contributed by atoms with E-state index in [1.165, 1.54) is 23.7 Å². The summed E-state index contributed by atoms with van der Waals surface area (Å²) in [6.45, 7) is 1.22. The Balaban J connectivity index is 1.91. The molecule has 0 bridgehead atoms. The number of nitrogens with one attached hydrogen (secondary N) is 1. The molecule has 6 heteroatoms. The normalized spacial score (nSPS) is 11.7. The molecule has 2 aromatic rings. The lowest BCUT2D eigenvalue weighted by Gasteiger charge is -2.07. The Kier molecular flexibility index (Phi) is 5.50. The molecule has 0 atom stereocenters. The third-order valence-corrected chi connectivity index (χ3v) is 4.95. The van der Waals surface area contributed by atoms with Gasteiger partial charge >= 0.3 is 0 Å². The molecule has 114 valence electrons. The van der Waals surface area contributed by atoms with Gasteiger partial charge in [0.2, 0.25) is 0 Å². The molecule has 3 nitrogen and oxygen atoms in total. The zero-order valence-electron chi connectivity index (χ0n) is 11.8. The van der Waals surface area contributed by atoms with Crippen LogP contribution in [0.25, 0.3) is 10.4 Å². The SMILES string of the molecule is CS(=O)(=O)CCCNCc1ccc(F)c(-c2cccs2)c1. The van der Waals surface area contributed by atoms with Gasteiger partial charge in [-0.25, -0.2) is 12.8 Å². The second-order valence-corrected chi connectivity index (χ2v) is 8.16. The number of hydrogen-bond donors (Lipinski definition) is 1. The molecule has 0 amide bonds. The van der Waals surface area contributed by atoms with Crippen molar-refractivity contribution in [3.63, 3.8) is 0 Å². The third-order valence-electron chi connectivity index (χ3n) is 3.02. The zero-order valence-corrected chi connectivity index (χ0v) is 13.4. The summed E-state index contributed by atoms with van der Waals surface area (Å²) in [5.74, 6) is -0.0394. The Hall–Kier alpha value is -1.24. The largest absolute Gasteiger partial charge is 0.313 e. The number of benzene rings is 1. The van der Waals surface area contributed by atoms with Crippen molar-refractivity contribution in [2.24, 2.45) is 0 Å². The Labute approximate surface area is 128 Å². The van der Waals surface area contributed by atoms with Crippen LogP contribution in [-0.2, 0) is 16.4 Å². The molecule has 0 saturated heterocycles. The molecule has 1 aromatic heterocycles. The lowest BCUT2D eigenvalue weighted by atomic mass is 10.1. The van der Waals surface area contributed by atoms with Gasteiger partial charge in [-0.2, -0.15) is 0 Å². The van der Waals surface area contributed by atoms with Gasteiger partial charge < -0.3 is 5.32 Å². The van der Waals surface area contributed by atoms with E-state index < -0.39 is 9.84 Å². The topological polar surface area (TPSA) is 46.2 Å². The molecule has 0 spiro atoms. The molecule has 0 fully saturated rings. The van der Waals surface area contributed by atoms with Gasteiger partial charge in [0.1, 0.15) is 15.7 Å². The predicted octanol–water partition coefficient (Wildman–Crippen LogP) is 3.08. The first-order valence-corrected chi connectivity index (χ1v) is 9.60. The van der Waals surface area contributed by atoms with Crippen molar-refractivity contribution in [3.8, 4) is 10.4 Å². The van der Waals surface area contributed by atoms with Crippen LogP contribution in [-0.4, -0.2) is 27.0 Å². The molecule has 0 aliphatic rings. The maximum Gasteiger partial charge on any atom is 0.147 e. The van der Waals surface area contributed by atoms with Crippen molar-refractivity contribution in [1.82, 2.24) is 5.32 Å². The van der Waals surface area contributed by atoms with E-state index in [-0.39, 0.29) is 11.6 Å². The fourth-order valence-corrected chi connectivity index (χ4v) is 3.41. The number of rotatable bonds is 7. The molecule has 0 saturated carbocycles. The third kappa shape index (κ3) is 5.22. The van der Waals surface area contributed by atoms with Crippen molar-refractivity contribution in [2.75, 3.05) is 18.6 Å². The summed E-state index contributed by atoms with van der Waals surface area (Å²) in [7, 11) is -2.90. The highest BCUT2D eigenvalue weighted by Crippen LogP contribution is 2.28. The molecule has 21 heavy (non-hydrogen) atoms. The average Bonchev–Trinajstić information content (AvgIpc) is 2.92. The highest BCUT2D eigenvalue weighted by Gasteiger charge is 2.07. The Bertz CT molecular complexity index is 682. The van der Waals surface area contributed by atoms with Crippen LogP contribution in [0.5, 0.6) is 0 Å². The van der Waals surface area contributed by atoms with Crippen LogP contribution >= 0.6 is 11.3 Å². The molecular formula is C15H18FNO2S2. The minimum Gasteiger partial charge on any atom is -0.313 e. The molecule has 2 rings (SSSR count). The molecule has 1 aromatic carbocycles. The van der Waals surface area contributed by atoms with Crippen molar-refractivity contribution in [2.45, 2.75) is 13.0 Å². The number of sulfone groups is 1. The number of halogens is 1. The van der Waals surface area contributed by atoms with Crippen LogP contribution < -0.4 is 5.32 Å². The van der Waals surface area contributed by atoms with Gasteiger partial charge in [0.25, 0.3) is 0 Å². The van der Waals surface area contributed by atoms with Crippen molar-refractivity contribution in [1.29, 1.82) is 0 Å². The van der Waals surface area contributed by atoms with Crippen molar-refractivity contribution < 1.29 is 12.8 Å². The van der Waals surface area contributed by atoms with Crippen LogP contribution in [0.3, 0.4) is 0 Å². The molecule has 0 aliphatic heterocycles. The van der Waals surface area contributed by atoms with Gasteiger partial charge in [0.05, 0.1) is 5.75 Å². The van der Waals surface area contributed by atoms with E-state index >= 15 is 0 Å². The molecular weight excluding hydrogens is 309 g/mol. The Morgan fingerprint density at radius 2 is 2.10 bits per heavy atom. The first-order valence-electron chi connectivity index (χ1n) is 6.66.